The molecule has 0 unspecified atom stereocenters. The summed E-state index contributed by atoms with van der Waals surface area (Å²) in [6.45, 7) is 13.0. The minimum absolute atomic E-state index is 0.113. The van der Waals surface area contributed by atoms with E-state index >= 15 is 0 Å². The molecule has 1 N–H and O–H groups in total. The van der Waals surface area contributed by atoms with E-state index in [1.165, 1.54) is 0 Å². The third-order valence-electron chi connectivity index (χ3n) is 10.1. The van der Waals surface area contributed by atoms with E-state index in [4.69, 9.17) is 14.2 Å². The molecule has 0 radical (unpaired) electrons. The number of likely N-dealkylation sites (N-methyl/N-ethyl adjacent to an activating group) is 1. The predicted octanol–water partition coefficient (Wildman–Crippen LogP) is 7.33. The van der Waals surface area contributed by atoms with E-state index in [1.54, 1.807) is 6.33 Å². The van der Waals surface area contributed by atoms with Crippen LogP contribution in [-0.2, 0) is 37.4 Å². The number of benzene rings is 3. The fourth-order valence-corrected chi connectivity index (χ4v) is 8.19. The van der Waals surface area contributed by atoms with Gasteiger partial charge in [0, 0.05) is 61.2 Å². The number of rotatable bonds is 16. The number of morpholine rings is 1. The highest BCUT2D eigenvalue weighted by Crippen LogP contribution is 2.33. The highest BCUT2D eigenvalue weighted by molar-refractivity contribution is 7.84. The number of carbonyl (C=O) groups is 1. The number of carbonyl (C=O) groups excluding carboxylic acids is 1. The van der Waals surface area contributed by atoms with Crippen LogP contribution in [0.3, 0.4) is 0 Å². The number of fused-ring (bicyclic) bond motifs is 1. The topological polar surface area (TPSA) is 98.2 Å². The maximum atomic E-state index is 13.9. The molecular formula is C43H55N5O5S. The molecule has 2 aliphatic rings. The number of ether oxygens (including phenoxy) is 3. The normalized spacial score (nSPS) is 16.9. The Hall–Kier alpha value is -4.29. The molecule has 1 fully saturated rings. The molecule has 11 heteroatoms. The fraction of sp³-hybridized carbons (Fsp3) is 0.442. The summed E-state index contributed by atoms with van der Waals surface area (Å²) in [6.07, 6.45) is 7.61. The monoisotopic (exact) mass is 753 g/mol. The van der Waals surface area contributed by atoms with Gasteiger partial charge in [0.05, 0.1) is 53.6 Å². The highest BCUT2D eigenvalue weighted by Gasteiger charge is 2.24. The zero-order valence-corrected chi connectivity index (χ0v) is 33.0. The molecule has 288 valence electrons. The van der Waals surface area contributed by atoms with E-state index in [0.717, 1.165) is 110 Å². The fourth-order valence-electron chi connectivity index (χ4n) is 6.96. The van der Waals surface area contributed by atoms with Gasteiger partial charge in [-0.3, -0.25) is 9.00 Å². The van der Waals surface area contributed by atoms with Crippen molar-refractivity contribution in [3.05, 3.63) is 95.6 Å². The third kappa shape index (κ3) is 10.5. The number of nitrogens with one attached hydrogen (secondary N) is 1. The molecule has 0 bridgehead atoms. The van der Waals surface area contributed by atoms with Crippen LogP contribution in [0.2, 0.25) is 0 Å². The molecule has 1 aromatic heterocycles. The van der Waals surface area contributed by atoms with Crippen LogP contribution in [0.25, 0.3) is 17.2 Å². The van der Waals surface area contributed by atoms with E-state index in [-0.39, 0.29) is 12.0 Å². The SMILES string of the molecule is CCCCOCCOc1ccc(-c2ccc3c(c2)C=C(C(=O)Nc2ccc([S@@](=O)Cc4c(C)ncn4CC)cc2)CCCN3C[C@@H]2CN(C)CCO2)cc1. The molecule has 2 aliphatic heterocycles. The van der Waals surface area contributed by atoms with Crippen LogP contribution in [0.5, 0.6) is 5.75 Å². The van der Waals surface area contributed by atoms with Crippen LogP contribution in [0, 0.1) is 6.92 Å². The quantitative estimate of drug-likeness (QED) is 0.119. The lowest BCUT2D eigenvalue weighted by atomic mass is 9.96. The first-order valence-electron chi connectivity index (χ1n) is 19.3. The molecule has 1 saturated heterocycles. The van der Waals surface area contributed by atoms with Gasteiger partial charge in [-0.1, -0.05) is 31.5 Å². The smallest absolute Gasteiger partial charge is 0.251 e. The molecule has 54 heavy (non-hydrogen) atoms. The van der Waals surface area contributed by atoms with Gasteiger partial charge in [0.2, 0.25) is 0 Å². The van der Waals surface area contributed by atoms with Crippen LogP contribution in [-0.4, -0.2) is 90.3 Å². The summed E-state index contributed by atoms with van der Waals surface area (Å²) in [4.78, 5) is 23.7. The second-order valence-electron chi connectivity index (χ2n) is 14.1. The number of unbranched alkanes of at least 4 members (excludes halogenated alkanes) is 1. The van der Waals surface area contributed by atoms with Crippen LogP contribution >= 0.6 is 0 Å². The van der Waals surface area contributed by atoms with Gasteiger partial charge in [-0.15, -0.1) is 0 Å². The Labute approximate surface area is 323 Å². The number of hydrogen-bond acceptors (Lipinski definition) is 8. The zero-order valence-electron chi connectivity index (χ0n) is 32.2. The minimum Gasteiger partial charge on any atom is -0.491 e. The number of aryl methyl sites for hydroxylation is 2. The Morgan fingerprint density at radius 1 is 1.00 bits per heavy atom. The molecule has 0 aliphatic carbocycles. The number of aromatic nitrogens is 2. The number of nitrogens with zero attached hydrogens (tertiary/aromatic N) is 4. The molecule has 4 aromatic rings. The number of anilines is 2. The van der Waals surface area contributed by atoms with E-state index in [0.29, 0.717) is 36.0 Å². The lowest BCUT2D eigenvalue weighted by molar-refractivity contribution is -0.112. The first-order chi connectivity index (χ1) is 26.3. The summed E-state index contributed by atoms with van der Waals surface area (Å²) in [5.74, 6) is 1.07. The number of hydrogen-bond donors (Lipinski definition) is 1. The Morgan fingerprint density at radius 2 is 1.80 bits per heavy atom. The van der Waals surface area contributed by atoms with E-state index < -0.39 is 10.8 Å². The number of amides is 1. The van der Waals surface area contributed by atoms with Gasteiger partial charge in [0.1, 0.15) is 12.4 Å². The average molecular weight is 754 g/mol. The second-order valence-corrected chi connectivity index (χ2v) is 15.6. The maximum Gasteiger partial charge on any atom is 0.251 e. The van der Waals surface area contributed by atoms with Gasteiger partial charge in [0.25, 0.3) is 5.91 Å². The number of imidazole rings is 1. The summed E-state index contributed by atoms with van der Waals surface area (Å²) in [5.41, 5.74) is 7.50. The van der Waals surface area contributed by atoms with Crippen molar-refractivity contribution in [2.75, 3.05) is 69.9 Å². The molecule has 10 nitrogen and oxygen atoms in total. The molecule has 0 saturated carbocycles. The van der Waals surface area contributed by atoms with Crippen molar-refractivity contribution in [1.29, 1.82) is 0 Å². The summed E-state index contributed by atoms with van der Waals surface area (Å²) in [7, 11) is 0.911. The van der Waals surface area contributed by atoms with Gasteiger partial charge < -0.3 is 33.9 Å². The van der Waals surface area contributed by atoms with Crippen molar-refractivity contribution in [3.63, 3.8) is 0 Å². The lowest BCUT2D eigenvalue weighted by Crippen LogP contribution is -2.46. The van der Waals surface area contributed by atoms with Crippen molar-refractivity contribution in [2.24, 2.45) is 0 Å². The summed E-state index contributed by atoms with van der Waals surface area (Å²) >= 11 is 0. The summed E-state index contributed by atoms with van der Waals surface area (Å²) in [5, 5.41) is 3.11. The average Bonchev–Trinajstić information content (AvgIpc) is 3.53. The van der Waals surface area contributed by atoms with Crippen molar-refractivity contribution < 1.29 is 23.2 Å². The molecule has 6 rings (SSSR count). The first-order valence-corrected chi connectivity index (χ1v) is 20.6. The van der Waals surface area contributed by atoms with E-state index in [2.05, 4.69) is 71.3 Å². The standard InChI is InChI=1S/C43H55N5O5S/c1-5-7-22-51-24-25-53-38-15-10-33(11-16-38)34-12-19-41-36(26-34)27-35(9-8-20-48(41)29-39-28-46(4)21-23-52-39)43(49)45-37-13-17-40(18-14-37)54(50)30-42-32(3)44-31-47(42)6-2/h10-19,26-27,31,39H,5-9,20-25,28-30H2,1-4H3,(H,45,49)/t39-,54-/m0/s1. The van der Waals surface area contributed by atoms with E-state index in [9.17, 15) is 9.00 Å². The minimum atomic E-state index is -1.23. The van der Waals surface area contributed by atoms with Gasteiger partial charge in [-0.2, -0.15) is 0 Å². The zero-order chi connectivity index (χ0) is 37.9. The van der Waals surface area contributed by atoms with Crippen molar-refractivity contribution in [3.8, 4) is 16.9 Å². The van der Waals surface area contributed by atoms with Crippen LogP contribution < -0.4 is 15.0 Å². The van der Waals surface area contributed by atoms with Gasteiger partial charge in [0.15, 0.2) is 0 Å². The summed E-state index contributed by atoms with van der Waals surface area (Å²) < 4.78 is 33.0. The molecule has 3 heterocycles. The summed E-state index contributed by atoms with van der Waals surface area (Å²) in [6, 6.07) is 22.0. The van der Waals surface area contributed by atoms with Gasteiger partial charge in [-0.05, 0) is 111 Å². The van der Waals surface area contributed by atoms with Crippen molar-refractivity contribution >= 4 is 34.2 Å². The van der Waals surface area contributed by atoms with Crippen molar-refractivity contribution in [2.45, 2.75) is 69.8 Å². The highest BCUT2D eigenvalue weighted by atomic mass is 32.2. The molecule has 2 atom stereocenters. The van der Waals surface area contributed by atoms with E-state index in [1.807, 2.05) is 54.0 Å². The molecule has 1 amide bonds. The molecular weight excluding hydrogens is 699 g/mol. The largest absolute Gasteiger partial charge is 0.491 e. The maximum absolute atomic E-state index is 13.9. The Bertz CT molecular complexity index is 1890. The Balaban J connectivity index is 1.19. The van der Waals surface area contributed by atoms with Gasteiger partial charge in [-0.25, -0.2) is 4.98 Å². The van der Waals surface area contributed by atoms with Crippen LogP contribution in [0.15, 0.2) is 83.5 Å². The second kappa shape index (κ2) is 19.3. The molecule has 3 aromatic carbocycles. The lowest BCUT2D eigenvalue weighted by Gasteiger charge is -2.36. The van der Waals surface area contributed by atoms with Crippen LogP contribution in [0.1, 0.15) is 56.5 Å². The Kier molecular flexibility index (Phi) is 14.1. The van der Waals surface area contributed by atoms with Crippen LogP contribution in [0.4, 0.5) is 11.4 Å². The first kappa shape index (κ1) is 39.4. The predicted molar refractivity (Wildman–Crippen MR) is 218 cm³/mol. The Morgan fingerprint density at radius 3 is 2.56 bits per heavy atom. The van der Waals surface area contributed by atoms with Crippen molar-refractivity contribution in [1.82, 2.24) is 14.5 Å². The van der Waals surface area contributed by atoms with Gasteiger partial charge >= 0.3 is 0 Å². The third-order valence-corrected chi connectivity index (χ3v) is 11.4. The molecule has 0 spiro atoms.